The van der Waals surface area contributed by atoms with E-state index in [9.17, 15) is 14.4 Å². The number of hydrogen-bond donors (Lipinski definition) is 3. The molecule has 0 fully saturated rings. The lowest BCUT2D eigenvalue weighted by atomic mass is 9.92. The fourth-order valence-electron chi connectivity index (χ4n) is 3.20. The fourth-order valence-corrected chi connectivity index (χ4v) is 3.20. The Kier molecular flexibility index (Phi) is 6.76. The average Bonchev–Trinajstić information content (AvgIpc) is 2.77. The molecule has 0 radical (unpaired) electrons. The molecular formula is C22H22N2O7. The minimum absolute atomic E-state index is 0.163. The highest BCUT2D eigenvalue weighted by Crippen LogP contribution is 2.36. The number of urea groups is 1. The summed E-state index contributed by atoms with van der Waals surface area (Å²) in [6.07, 6.45) is 0. The predicted molar refractivity (Wildman–Crippen MR) is 111 cm³/mol. The molecule has 9 nitrogen and oxygen atoms in total. The molecule has 0 spiro atoms. The second-order valence-electron chi connectivity index (χ2n) is 6.50. The Hall–Kier alpha value is -4.01. The minimum Gasteiger partial charge on any atom is -0.493 e. The molecule has 2 aromatic carbocycles. The molecule has 0 saturated carbocycles. The third kappa shape index (κ3) is 4.95. The van der Waals surface area contributed by atoms with E-state index in [-0.39, 0.29) is 23.7 Å². The Morgan fingerprint density at radius 2 is 1.84 bits per heavy atom. The van der Waals surface area contributed by atoms with Gasteiger partial charge in [0.05, 0.1) is 31.0 Å². The molecule has 2 aromatic rings. The van der Waals surface area contributed by atoms with Crippen LogP contribution in [0.25, 0.3) is 5.70 Å². The van der Waals surface area contributed by atoms with Crippen LogP contribution in [0.3, 0.4) is 0 Å². The summed E-state index contributed by atoms with van der Waals surface area (Å²) in [5, 5.41) is 14.3. The van der Waals surface area contributed by atoms with Gasteiger partial charge in [-0.25, -0.2) is 14.4 Å². The highest BCUT2D eigenvalue weighted by atomic mass is 16.5. The van der Waals surface area contributed by atoms with Gasteiger partial charge in [-0.05, 0) is 30.2 Å². The maximum absolute atomic E-state index is 12.9. The first-order chi connectivity index (χ1) is 14.9. The standard InChI is InChI=1S/C22H22N2O7/c1-3-30-21(27)18-19(13-7-5-4-6-8-13)23-22(28)24-20(18)14-9-10-15(16(11-14)29-2)31-12-17(25)26/h4-11,20H,3,12H2,1-2H3,(H,25,26)(H2,23,24,28)/t20-/m1/s1. The monoisotopic (exact) mass is 426 g/mol. The van der Waals surface area contributed by atoms with E-state index in [1.54, 1.807) is 43.3 Å². The molecule has 0 aliphatic carbocycles. The normalized spacial score (nSPS) is 15.5. The first-order valence-electron chi connectivity index (χ1n) is 9.51. The molecule has 1 heterocycles. The third-order valence-corrected chi connectivity index (χ3v) is 4.50. The third-order valence-electron chi connectivity index (χ3n) is 4.50. The van der Waals surface area contributed by atoms with Crippen LogP contribution >= 0.6 is 0 Å². The molecule has 1 atom stereocenters. The van der Waals surface area contributed by atoms with Crippen molar-refractivity contribution in [2.75, 3.05) is 20.3 Å². The number of methoxy groups -OCH3 is 1. The molecule has 1 aliphatic heterocycles. The zero-order valence-corrected chi connectivity index (χ0v) is 17.0. The van der Waals surface area contributed by atoms with Crippen molar-refractivity contribution in [2.24, 2.45) is 0 Å². The summed E-state index contributed by atoms with van der Waals surface area (Å²) in [5.74, 6) is -1.23. The van der Waals surface area contributed by atoms with Crippen molar-refractivity contribution in [2.45, 2.75) is 13.0 Å². The first-order valence-corrected chi connectivity index (χ1v) is 9.51. The summed E-state index contributed by atoms with van der Waals surface area (Å²) in [5.41, 5.74) is 1.76. The van der Waals surface area contributed by atoms with Crippen LogP contribution in [0.2, 0.25) is 0 Å². The number of aliphatic carboxylic acids is 1. The van der Waals surface area contributed by atoms with Gasteiger partial charge in [0.15, 0.2) is 18.1 Å². The van der Waals surface area contributed by atoms with Crippen LogP contribution in [0.1, 0.15) is 24.1 Å². The van der Waals surface area contributed by atoms with Crippen molar-refractivity contribution in [3.05, 3.63) is 65.2 Å². The first kappa shape index (κ1) is 21.7. The second kappa shape index (κ2) is 9.66. The number of hydrogen-bond acceptors (Lipinski definition) is 6. The van der Waals surface area contributed by atoms with Crippen molar-refractivity contribution in [1.82, 2.24) is 10.6 Å². The fraction of sp³-hybridized carbons (Fsp3) is 0.227. The van der Waals surface area contributed by atoms with Gasteiger partial charge >= 0.3 is 18.0 Å². The molecule has 3 rings (SSSR count). The molecule has 2 amide bonds. The van der Waals surface area contributed by atoms with Crippen LogP contribution in [0, 0.1) is 0 Å². The van der Waals surface area contributed by atoms with Crippen molar-refractivity contribution in [3.8, 4) is 11.5 Å². The van der Waals surface area contributed by atoms with Crippen molar-refractivity contribution in [1.29, 1.82) is 0 Å². The van der Waals surface area contributed by atoms with Gasteiger partial charge in [0, 0.05) is 0 Å². The van der Waals surface area contributed by atoms with Crippen molar-refractivity contribution >= 4 is 23.7 Å². The maximum Gasteiger partial charge on any atom is 0.341 e. The van der Waals surface area contributed by atoms with Gasteiger partial charge in [-0.15, -0.1) is 0 Å². The van der Waals surface area contributed by atoms with Crippen LogP contribution in [0.4, 0.5) is 4.79 Å². The average molecular weight is 426 g/mol. The van der Waals surface area contributed by atoms with Crippen LogP contribution in [-0.4, -0.2) is 43.4 Å². The Morgan fingerprint density at radius 1 is 1.10 bits per heavy atom. The van der Waals surface area contributed by atoms with Crippen LogP contribution in [0.5, 0.6) is 11.5 Å². The van der Waals surface area contributed by atoms with Gasteiger partial charge in [0.1, 0.15) is 0 Å². The van der Waals surface area contributed by atoms with Gasteiger partial charge < -0.3 is 30.0 Å². The molecule has 0 saturated heterocycles. The Bertz CT molecular complexity index is 1020. The molecule has 0 bridgehead atoms. The summed E-state index contributed by atoms with van der Waals surface area (Å²) in [6.45, 7) is 1.32. The van der Waals surface area contributed by atoms with Crippen molar-refractivity contribution in [3.63, 3.8) is 0 Å². The van der Waals surface area contributed by atoms with Gasteiger partial charge in [-0.3, -0.25) is 0 Å². The zero-order valence-electron chi connectivity index (χ0n) is 17.0. The maximum atomic E-state index is 12.9. The molecule has 31 heavy (non-hydrogen) atoms. The number of nitrogens with one attached hydrogen (secondary N) is 2. The number of carbonyl (C=O) groups excluding carboxylic acids is 2. The number of carboxylic acid groups (broad SMARTS) is 1. The summed E-state index contributed by atoms with van der Waals surface area (Å²) >= 11 is 0. The number of esters is 1. The number of amides is 2. The predicted octanol–water partition coefficient (Wildman–Crippen LogP) is 2.49. The van der Waals surface area contributed by atoms with Crippen LogP contribution in [0.15, 0.2) is 54.1 Å². The molecule has 162 valence electrons. The molecule has 1 aliphatic rings. The lowest BCUT2D eigenvalue weighted by Crippen LogP contribution is -2.45. The molecule has 9 heteroatoms. The number of carboxylic acids is 1. The molecular weight excluding hydrogens is 404 g/mol. The van der Waals surface area contributed by atoms with E-state index >= 15 is 0 Å². The van der Waals surface area contributed by atoms with Gasteiger partial charge in [-0.1, -0.05) is 36.4 Å². The smallest absolute Gasteiger partial charge is 0.341 e. The van der Waals surface area contributed by atoms with E-state index in [4.69, 9.17) is 19.3 Å². The Labute approximate surface area is 178 Å². The largest absolute Gasteiger partial charge is 0.493 e. The van der Waals surface area contributed by atoms with E-state index in [1.807, 2.05) is 6.07 Å². The van der Waals surface area contributed by atoms with Gasteiger partial charge in [-0.2, -0.15) is 0 Å². The number of carbonyl (C=O) groups is 3. The summed E-state index contributed by atoms with van der Waals surface area (Å²) in [4.78, 5) is 36.1. The summed E-state index contributed by atoms with van der Waals surface area (Å²) in [6, 6.07) is 12.4. The lowest BCUT2D eigenvalue weighted by Gasteiger charge is -2.30. The van der Waals surface area contributed by atoms with E-state index in [0.29, 0.717) is 16.8 Å². The zero-order chi connectivity index (χ0) is 22.4. The van der Waals surface area contributed by atoms with E-state index < -0.39 is 30.6 Å². The number of rotatable bonds is 8. The highest BCUT2D eigenvalue weighted by molar-refractivity contribution is 6.04. The highest BCUT2D eigenvalue weighted by Gasteiger charge is 2.34. The van der Waals surface area contributed by atoms with Crippen molar-refractivity contribution < 1.29 is 33.7 Å². The minimum atomic E-state index is -1.13. The lowest BCUT2D eigenvalue weighted by molar-refractivity contribution is -0.140. The van der Waals surface area contributed by atoms with Gasteiger partial charge in [0.25, 0.3) is 0 Å². The van der Waals surface area contributed by atoms with E-state index in [0.717, 1.165) is 0 Å². The molecule has 0 aromatic heterocycles. The number of ether oxygens (including phenoxy) is 3. The quantitative estimate of drug-likeness (QED) is 0.554. The SMILES string of the molecule is CCOC(=O)C1=C(c2ccccc2)NC(=O)N[C@@H]1c1ccc(OCC(=O)O)c(OC)c1. The topological polar surface area (TPSA) is 123 Å². The Balaban J connectivity index is 2.10. The van der Waals surface area contributed by atoms with E-state index in [1.165, 1.54) is 13.2 Å². The van der Waals surface area contributed by atoms with E-state index in [2.05, 4.69) is 10.6 Å². The van der Waals surface area contributed by atoms with Crippen LogP contribution in [-0.2, 0) is 14.3 Å². The number of benzene rings is 2. The summed E-state index contributed by atoms with van der Waals surface area (Å²) < 4.78 is 15.8. The van der Waals surface area contributed by atoms with Gasteiger partial charge in [0.2, 0.25) is 0 Å². The Morgan fingerprint density at radius 3 is 2.48 bits per heavy atom. The molecule has 3 N–H and O–H groups in total. The summed E-state index contributed by atoms with van der Waals surface area (Å²) in [7, 11) is 1.41. The molecule has 0 unspecified atom stereocenters. The second-order valence-corrected chi connectivity index (χ2v) is 6.50. The van der Waals surface area contributed by atoms with Crippen LogP contribution < -0.4 is 20.1 Å².